The van der Waals surface area contributed by atoms with E-state index in [9.17, 15) is 9.59 Å². The van der Waals surface area contributed by atoms with Gasteiger partial charge in [-0.3, -0.25) is 4.79 Å². The highest BCUT2D eigenvalue weighted by atomic mass is 35.5. The molecular weight excluding hydrogens is 289 g/mol. The van der Waals surface area contributed by atoms with E-state index in [0.29, 0.717) is 17.8 Å². The van der Waals surface area contributed by atoms with Gasteiger partial charge in [0.1, 0.15) is 4.33 Å². The zero-order chi connectivity index (χ0) is 14.3. The number of amides is 3. The molecular formula is C12H13Cl2N3O2. The van der Waals surface area contributed by atoms with Crippen molar-refractivity contribution >= 4 is 46.5 Å². The lowest BCUT2D eigenvalue weighted by atomic mass is 10.1. The van der Waals surface area contributed by atoms with E-state index < -0.39 is 15.8 Å². The van der Waals surface area contributed by atoms with Gasteiger partial charge in [-0.2, -0.15) is 0 Å². The minimum absolute atomic E-state index is 0.229. The Morgan fingerprint density at radius 2 is 1.58 bits per heavy atom. The Hall–Kier alpha value is -1.46. The van der Waals surface area contributed by atoms with E-state index in [-0.39, 0.29) is 5.91 Å². The molecule has 0 radical (unpaired) electrons. The molecule has 1 saturated carbocycles. The Morgan fingerprint density at radius 1 is 1.16 bits per heavy atom. The highest BCUT2D eigenvalue weighted by molar-refractivity contribution is 6.53. The summed E-state index contributed by atoms with van der Waals surface area (Å²) in [6.07, 6.45) is 0.427. The molecule has 1 atom stereocenters. The first-order chi connectivity index (χ1) is 8.74. The van der Waals surface area contributed by atoms with Gasteiger partial charge < -0.3 is 16.4 Å². The van der Waals surface area contributed by atoms with Crippen LogP contribution in [0.5, 0.6) is 0 Å². The van der Waals surface area contributed by atoms with Crippen LogP contribution in [0.15, 0.2) is 24.3 Å². The second-order valence-electron chi connectivity index (χ2n) is 4.73. The molecule has 1 aromatic carbocycles. The molecule has 1 aromatic rings. The van der Waals surface area contributed by atoms with Crippen molar-refractivity contribution in [3.05, 3.63) is 24.3 Å². The summed E-state index contributed by atoms with van der Waals surface area (Å²) in [5.41, 5.74) is 5.37. The number of rotatable bonds is 3. The van der Waals surface area contributed by atoms with Gasteiger partial charge in [-0.25, -0.2) is 4.79 Å². The fraction of sp³-hybridized carbons (Fsp3) is 0.333. The number of nitrogens with two attached hydrogens (primary N) is 1. The lowest BCUT2D eigenvalue weighted by Gasteiger charge is -2.13. The van der Waals surface area contributed by atoms with E-state index in [1.165, 1.54) is 0 Å². The highest BCUT2D eigenvalue weighted by Crippen LogP contribution is 2.64. The third kappa shape index (κ3) is 2.77. The second kappa shape index (κ2) is 4.58. The van der Waals surface area contributed by atoms with Crippen LogP contribution in [-0.4, -0.2) is 16.3 Å². The Balaban J connectivity index is 2.01. The Kier molecular flexibility index (Phi) is 3.36. The lowest BCUT2D eigenvalue weighted by molar-refractivity contribution is -0.120. The maximum absolute atomic E-state index is 12.0. The monoisotopic (exact) mass is 301 g/mol. The van der Waals surface area contributed by atoms with Gasteiger partial charge in [0.15, 0.2) is 0 Å². The molecule has 2 rings (SSSR count). The number of anilines is 2. The quantitative estimate of drug-likeness (QED) is 0.750. The van der Waals surface area contributed by atoms with Crippen LogP contribution < -0.4 is 16.4 Å². The minimum atomic E-state index is -0.995. The maximum Gasteiger partial charge on any atom is 0.316 e. The van der Waals surface area contributed by atoms with E-state index in [4.69, 9.17) is 28.9 Å². The molecule has 7 heteroatoms. The van der Waals surface area contributed by atoms with Gasteiger partial charge in [0.25, 0.3) is 0 Å². The summed E-state index contributed by atoms with van der Waals surface area (Å²) in [5, 5.41) is 5.15. The van der Waals surface area contributed by atoms with Crippen molar-refractivity contribution in [3.63, 3.8) is 0 Å². The van der Waals surface area contributed by atoms with Crippen LogP contribution in [0.2, 0.25) is 0 Å². The van der Waals surface area contributed by atoms with Crippen LogP contribution in [0.25, 0.3) is 0 Å². The average Bonchev–Trinajstić information content (AvgIpc) is 2.82. The molecule has 102 valence electrons. The topological polar surface area (TPSA) is 84.2 Å². The van der Waals surface area contributed by atoms with Crippen molar-refractivity contribution in [2.24, 2.45) is 11.1 Å². The molecule has 1 aliphatic carbocycles. The first kappa shape index (κ1) is 14.0. The normalized spacial score (nSPS) is 23.5. The van der Waals surface area contributed by atoms with Gasteiger partial charge >= 0.3 is 6.03 Å². The van der Waals surface area contributed by atoms with Gasteiger partial charge in [0, 0.05) is 11.4 Å². The van der Waals surface area contributed by atoms with Crippen LogP contribution in [-0.2, 0) is 4.79 Å². The molecule has 0 aromatic heterocycles. The van der Waals surface area contributed by atoms with Crippen molar-refractivity contribution in [2.45, 2.75) is 17.7 Å². The second-order valence-corrected chi connectivity index (χ2v) is 6.22. The number of urea groups is 1. The number of carbonyl (C=O) groups excluding carboxylic acids is 2. The zero-order valence-corrected chi connectivity index (χ0v) is 11.7. The number of nitrogens with one attached hydrogen (secondary N) is 2. The summed E-state index contributed by atoms with van der Waals surface area (Å²) in [6, 6.07) is 5.92. The van der Waals surface area contributed by atoms with Crippen molar-refractivity contribution in [2.75, 3.05) is 10.6 Å². The SMILES string of the molecule is CC1(C(=O)Nc2ccc(NC(N)=O)cc2)CC1(Cl)Cl. The lowest BCUT2D eigenvalue weighted by Crippen LogP contribution is -2.26. The van der Waals surface area contributed by atoms with E-state index in [1.807, 2.05) is 0 Å². The van der Waals surface area contributed by atoms with Crippen LogP contribution >= 0.6 is 23.2 Å². The first-order valence-corrected chi connectivity index (χ1v) is 6.36. The number of benzene rings is 1. The largest absolute Gasteiger partial charge is 0.351 e. The van der Waals surface area contributed by atoms with Crippen LogP contribution in [0.1, 0.15) is 13.3 Å². The van der Waals surface area contributed by atoms with Gasteiger partial charge in [0.05, 0.1) is 5.41 Å². The van der Waals surface area contributed by atoms with Crippen molar-refractivity contribution in [1.29, 1.82) is 0 Å². The highest BCUT2D eigenvalue weighted by Gasteiger charge is 2.67. The smallest absolute Gasteiger partial charge is 0.316 e. The zero-order valence-electron chi connectivity index (χ0n) is 10.2. The summed E-state index contributed by atoms with van der Waals surface area (Å²) in [5.74, 6) is -0.229. The molecule has 0 aliphatic heterocycles. The van der Waals surface area contributed by atoms with Gasteiger partial charge in [0.2, 0.25) is 5.91 Å². The van der Waals surface area contributed by atoms with Crippen LogP contribution in [0.4, 0.5) is 16.2 Å². The van der Waals surface area contributed by atoms with Gasteiger partial charge in [-0.15, -0.1) is 23.2 Å². The summed E-state index contributed by atoms with van der Waals surface area (Å²) in [7, 11) is 0. The standard InChI is InChI=1S/C12H13Cl2N3O2/c1-11(6-12(11,13)14)9(18)16-7-2-4-8(5-3-7)17-10(15)19/h2-5H,6H2,1H3,(H,16,18)(H3,15,17,19). The van der Waals surface area contributed by atoms with Gasteiger partial charge in [-0.1, -0.05) is 0 Å². The van der Waals surface area contributed by atoms with Gasteiger partial charge in [-0.05, 0) is 37.6 Å². The third-order valence-electron chi connectivity index (χ3n) is 3.17. The molecule has 1 unspecified atom stereocenters. The van der Waals surface area contributed by atoms with E-state index >= 15 is 0 Å². The van der Waals surface area contributed by atoms with Crippen molar-refractivity contribution in [1.82, 2.24) is 0 Å². The molecule has 1 aliphatic rings. The van der Waals surface area contributed by atoms with Crippen molar-refractivity contribution < 1.29 is 9.59 Å². The Bertz CT molecular complexity index is 530. The Labute approximate surface area is 120 Å². The number of halogens is 2. The molecule has 0 bridgehead atoms. The third-order valence-corrected chi connectivity index (χ3v) is 4.27. The fourth-order valence-corrected chi connectivity index (χ4v) is 2.40. The molecule has 19 heavy (non-hydrogen) atoms. The predicted molar refractivity (Wildman–Crippen MR) is 75.4 cm³/mol. The van der Waals surface area contributed by atoms with E-state index in [0.717, 1.165) is 0 Å². The van der Waals surface area contributed by atoms with Crippen LogP contribution in [0, 0.1) is 5.41 Å². The number of primary amides is 1. The van der Waals surface area contributed by atoms with Crippen molar-refractivity contribution in [3.8, 4) is 0 Å². The molecule has 0 heterocycles. The van der Waals surface area contributed by atoms with E-state index in [2.05, 4.69) is 10.6 Å². The molecule has 0 saturated heterocycles. The number of alkyl halides is 2. The minimum Gasteiger partial charge on any atom is -0.351 e. The number of hydrogen-bond acceptors (Lipinski definition) is 2. The number of carbonyl (C=O) groups is 2. The Morgan fingerprint density at radius 3 is 1.95 bits per heavy atom. The average molecular weight is 302 g/mol. The summed E-state index contributed by atoms with van der Waals surface area (Å²) < 4.78 is -0.995. The predicted octanol–water partition coefficient (Wildman–Crippen LogP) is 2.70. The summed E-state index contributed by atoms with van der Waals surface area (Å²) in [6.45, 7) is 1.71. The fourth-order valence-electron chi connectivity index (χ4n) is 1.69. The number of hydrogen-bond donors (Lipinski definition) is 3. The molecule has 0 spiro atoms. The molecule has 3 amide bonds. The summed E-state index contributed by atoms with van der Waals surface area (Å²) >= 11 is 11.9. The summed E-state index contributed by atoms with van der Waals surface area (Å²) in [4.78, 5) is 22.7. The van der Waals surface area contributed by atoms with E-state index in [1.54, 1.807) is 31.2 Å². The van der Waals surface area contributed by atoms with Crippen LogP contribution in [0.3, 0.4) is 0 Å². The first-order valence-electron chi connectivity index (χ1n) is 5.60. The molecule has 1 fully saturated rings. The maximum atomic E-state index is 12.0. The molecule has 4 N–H and O–H groups in total. The molecule has 5 nitrogen and oxygen atoms in total.